The Labute approximate surface area is 102 Å². The van der Waals surface area contributed by atoms with Crippen molar-refractivity contribution in [2.24, 2.45) is 5.73 Å². The molecule has 2 unspecified atom stereocenters. The molecule has 1 saturated heterocycles. The molecule has 6 heteroatoms. The van der Waals surface area contributed by atoms with Gasteiger partial charge in [-0.15, -0.1) is 0 Å². The van der Waals surface area contributed by atoms with Gasteiger partial charge in [-0.2, -0.15) is 4.98 Å². The minimum absolute atomic E-state index is 0.193. The van der Waals surface area contributed by atoms with Crippen molar-refractivity contribution in [3.05, 3.63) is 11.7 Å². The first-order valence-electron chi connectivity index (χ1n) is 6.06. The highest BCUT2D eigenvalue weighted by atomic mass is 16.5. The molecule has 0 aliphatic carbocycles. The molecule has 0 amide bonds. The summed E-state index contributed by atoms with van der Waals surface area (Å²) in [6.45, 7) is 4.94. The highest BCUT2D eigenvalue weighted by molar-refractivity contribution is 4.98. The van der Waals surface area contributed by atoms with Crippen molar-refractivity contribution in [1.29, 1.82) is 0 Å². The van der Waals surface area contributed by atoms with Crippen LogP contribution in [0.3, 0.4) is 0 Å². The molecule has 1 aliphatic heterocycles. The summed E-state index contributed by atoms with van der Waals surface area (Å²) in [5.74, 6) is 1.26. The van der Waals surface area contributed by atoms with Gasteiger partial charge in [-0.1, -0.05) is 5.16 Å². The fourth-order valence-electron chi connectivity index (χ4n) is 2.12. The first-order valence-corrected chi connectivity index (χ1v) is 6.06. The van der Waals surface area contributed by atoms with Crippen LogP contribution in [0.4, 0.5) is 0 Å². The van der Waals surface area contributed by atoms with E-state index in [1.54, 1.807) is 0 Å². The molecule has 1 aliphatic rings. The maximum atomic E-state index is 5.73. The first kappa shape index (κ1) is 12.5. The number of likely N-dealkylation sites (N-methyl/N-ethyl adjacent to an activating group) is 2. The second-order valence-corrected chi connectivity index (χ2v) is 4.89. The van der Waals surface area contributed by atoms with E-state index in [4.69, 9.17) is 10.3 Å². The van der Waals surface area contributed by atoms with E-state index in [0.29, 0.717) is 5.89 Å². The molecular formula is C11H21N5O. The molecule has 2 N–H and O–H groups in total. The fourth-order valence-corrected chi connectivity index (χ4v) is 2.12. The summed E-state index contributed by atoms with van der Waals surface area (Å²) in [6, 6.07) is -0.0104. The Morgan fingerprint density at radius 2 is 2.18 bits per heavy atom. The van der Waals surface area contributed by atoms with Gasteiger partial charge in [0.1, 0.15) is 0 Å². The molecule has 0 radical (unpaired) electrons. The molecule has 0 saturated carbocycles. The summed E-state index contributed by atoms with van der Waals surface area (Å²) >= 11 is 0. The maximum absolute atomic E-state index is 5.73. The summed E-state index contributed by atoms with van der Waals surface area (Å²) in [7, 11) is 4.23. The largest absolute Gasteiger partial charge is 0.338 e. The van der Waals surface area contributed by atoms with Gasteiger partial charge in [0, 0.05) is 6.54 Å². The lowest BCUT2D eigenvalue weighted by atomic mass is 10.2. The molecular weight excluding hydrogens is 218 g/mol. The molecule has 0 bridgehead atoms. The Morgan fingerprint density at radius 1 is 1.41 bits per heavy atom. The molecule has 1 aromatic heterocycles. The second-order valence-electron chi connectivity index (χ2n) is 4.89. The van der Waals surface area contributed by atoms with E-state index in [2.05, 4.69) is 34.0 Å². The molecule has 6 nitrogen and oxygen atoms in total. The van der Waals surface area contributed by atoms with Crippen LogP contribution in [0.2, 0.25) is 0 Å². The van der Waals surface area contributed by atoms with Crippen LogP contribution in [0.5, 0.6) is 0 Å². The van der Waals surface area contributed by atoms with Crippen LogP contribution in [0.15, 0.2) is 4.52 Å². The van der Waals surface area contributed by atoms with Crippen molar-refractivity contribution >= 4 is 0 Å². The van der Waals surface area contributed by atoms with Crippen molar-refractivity contribution in [3.8, 4) is 0 Å². The van der Waals surface area contributed by atoms with Gasteiger partial charge in [0.25, 0.3) is 0 Å². The van der Waals surface area contributed by atoms with Gasteiger partial charge in [-0.05, 0) is 40.5 Å². The molecule has 2 heterocycles. The average Bonchev–Trinajstić information content (AvgIpc) is 2.68. The summed E-state index contributed by atoms with van der Waals surface area (Å²) < 4.78 is 5.17. The lowest BCUT2D eigenvalue weighted by molar-refractivity contribution is 0.214. The topological polar surface area (TPSA) is 71.4 Å². The van der Waals surface area contributed by atoms with E-state index in [-0.39, 0.29) is 12.1 Å². The normalized spacial score (nSPS) is 25.8. The predicted molar refractivity (Wildman–Crippen MR) is 64.4 cm³/mol. The zero-order chi connectivity index (χ0) is 12.4. The number of hydrogen-bond donors (Lipinski definition) is 1. The summed E-state index contributed by atoms with van der Waals surface area (Å²) in [6.07, 6.45) is 1.17. The SMILES string of the molecule is CC(N)c1nc(C2CN(C)CCCN2C)no1. The maximum Gasteiger partial charge on any atom is 0.243 e. The van der Waals surface area contributed by atoms with Crippen LogP contribution in [0.1, 0.15) is 37.1 Å². The van der Waals surface area contributed by atoms with Crippen LogP contribution in [-0.2, 0) is 0 Å². The third-order valence-corrected chi connectivity index (χ3v) is 3.21. The van der Waals surface area contributed by atoms with Crippen LogP contribution >= 0.6 is 0 Å². The standard InChI is InChI=1S/C11H21N5O/c1-8(12)11-13-10(14-17-11)9-7-15(2)5-4-6-16(9)3/h8-9H,4-7,12H2,1-3H3. The number of hydrogen-bond acceptors (Lipinski definition) is 6. The molecule has 17 heavy (non-hydrogen) atoms. The van der Waals surface area contributed by atoms with Gasteiger partial charge < -0.3 is 15.2 Å². The summed E-state index contributed by atoms with van der Waals surface area (Å²) in [5, 5.41) is 4.05. The van der Waals surface area contributed by atoms with Gasteiger partial charge >= 0.3 is 0 Å². The predicted octanol–water partition coefficient (Wildman–Crippen LogP) is 0.398. The molecule has 1 fully saturated rings. The van der Waals surface area contributed by atoms with E-state index < -0.39 is 0 Å². The quantitative estimate of drug-likeness (QED) is 0.805. The minimum atomic E-state index is -0.204. The lowest BCUT2D eigenvalue weighted by Crippen LogP contribution is -2.31. The highest BCUT2D eigenvalue weighted by Gasteiger charge is 2.26. The Hall–Kier alpha value is -0.980. The zero-order valence-corrected chi connectivity index (χ0v) is 10.8. The van der Waals surface area contributed by atoms with Crippen LogP contribution in [-0.4, -0.2) is 53.7 Å². The molecule has 96 valence electrons. The smallest absolute Gasteiger partial charge is 0.243 e. The van der Waals surface area contributed by atoms with Gasteiger partial charge in [0.15, 0.2) is 5.82 Å². The van der Waals surface area contributed by atoms with E-state index in [1.165, 1.54) is 6.42 Å². The van der Waals surface area contributed by atoms with Gasteiger partial charge in [-0.3, -0.25) is 4.90 Å². The van der Waals surface area contributed by atoms with Crippen LogP contribution < -0.4 is 5.73 Å². The second kappa shape index (κ2) is 5.12. The first-order chi connectivity index (χ1) is 8.08. The van der Waals surface area contributed by atoms with E-state index >= 15 is 0 Å². The van der Waals surface area contributed by atoms with E-state index in [0.717, 1.165) is 25.5 Å². The van der Waals surface area contributed by atoms with E-state index in [9.17, 15) is 0 Å². The highest BCUT2D eigenvalue weighted by Crippen LogP contribution is 2.21. The van der Waals surface area contributed by atoms with Crippen molar-refractivity contribution in [2.45, 2.75) is 25.4 Å². The van der Waals surface area contributed by atoms with Gasteiger partial charge in [0.05, 0.1) is 12.1 Å². The Morgan fingerprint density at radius 3 is 2.82 bits per heavy atom. The molecule has 0 aromatic carbocycles. The molecule has 2 rings (SSSR count). The Kier molecular flexibility index (Phi) is 3.76. The van der Waals surface area contributed by atoms with Crippen molar-refractivity contribution in [2.75, 3.05) is 33.7 Å². The third-order valence-electron chi connectivity index (χ3n) is 3.21. The Bertz CT molecular complexity index is 364. The van der Waals surface area contributed by atoms with Gasteiger partial charge in [-0.25, -0.2) is 0 Å². The van der Waals surface area contributed by atoms with Crippen LogP contribution in [0.25, 0.3) is 0 Å². The summed E-state index contributed by atoms with van der Waals surface area (Å²) in [4.78, 5) is 8.97. The minimum Gasteiger partial charge on any atom is -0.338 e. The van der Waals surface area contributed by atoms with Crippen molar-refractivity contribution in [3.63, 3.8) is 0 Å². The summed E-state index contributed by atoms with van der Waals surface area (Å²) in [5.41, 5.74) is 5.73. The lowest BCUT2D eigenvalue weighted by Gasteiger charge is -2.24. The van der Waals surface area contributed by atoms with Crippen LogP contribution in [0, 0.1) is 0 Å². The van der Waals surface area contributed by atoms with Gasteiger partial charge in [0.2, 0.25) is 5.89 Å². The monoisotopic (exact) mass is 239 g/mol. The fraction of sp³-hybridized carbons (Fsp3) is 0.818. The van der Waals surface area contributed by atoms with E-state index in [1.807, 2.05) is 6.92 Å². The van der Waals surface area contributed by atoms with Crippen molar-refractivity contribution < 1.29 is 4.52 Å². The number of nitrogens with zero attached hydrogens (tertiary/aromatic N) is 4. The Balaban J connectivity index is 2.17. The number of aromatic nitrogens is 2. The third kappa shape index (κ3) is 2.83. The average molecular weight is 239 g/mol. The molecule has 1 aromatic rings. The number of nitrogens with two attached hydrogens (primary N) is 1. The molecule has 2 atom stereocenters. The van der Waals surface area contributed by atoms with Crippen molar-refractivity contribution in [1.82, 2.24) is 19.9 Å². The number of rotatable bonds is 2. The molecule has 0 spiro atoms. The zero-order valence-electron chi connectivity index (χ0n) is 10.8.